The van der Waals surface area contributed by atoms with Crippen LogP contribution < -0.4 is 5.32 Å². The van der Waals surface area contributed by atoms with Crippen LogP contribution in [0.2, 0.25) is 0 Å². The standard InChI is InChI=1S/C24H22F2N4O3S/c1-14-27-11-20(28-14)24(32)10-16-12-34-22(29-21(31)15-5-3-2-4-6-15)30-23(16,13-33-24)18-8-7-17(25)9-19(18)26/h2-9,11,14,16,32H,10,12-13H2,1H3,(H,29,30,31)/t14?,16-,23-,24?/m0/s1. The topological polar surface area (TPSA) is 95.6 Å². The van der Waals surface area contributed by atoms with Gasteiger partial charge in [0.25, 0.3) is 5.91 Å². The van der Waals surface area contributed by atoms with Crippen LogP contribution in [0.1, 0.15) is 29.3 Å². The number of benzene rings is 2. The minimum absolute atomic E-state index is 0.0812. The molecule has 1 fully saturated rings. The Bertz CT molecular complexity index is 1220. The number of carbonyl (C=O) groups excluding carboxylic acids is 1. The molecule has 0 radical (unpaired) electrons. The Kier molecular flexibility index (Phi) is 5.83. The van der Waals surface area contributed by atoms with E-state index in [1.807, 2.05) is 0 Å². The van der Waals surface area contributed by atoms with Crippen molar-refractivity contribution in [2.75, 3.05) is 12.4 Å². The first kappa shape index (κ1) is 22.8. The number of hydrogen-bond donors (Lipinski definition) is 2. The zero-order valence-corrected chi connectivity index (χ0v) is 19.1. The summed E-state index contributed by atoms with van der Waals surface area (Å²) in [5.41, 5.74) is -0.360. The zero-order valence-electron chi connectivity index (χ0n) is 18.2. The Hall–Kier alpha value is -2.95. The van der Waals surface area contributed by atoms with Gasteiger partial charge in [0.05, 0.1) is 12.8 Å². The van der Waals surface area contributed by atoms with Gasteiger partial charge in [-0.2, -0.15) is 0 Å². The monoisotopic (exact) mass is 484 g/mol. The molecule has 0 bridgehead atoms. The fourth-order valence-electron chi connectivity index (χ4n) is 4.47. The van der Waals surface area contributed by atoms with Gasteiger partial charge in [-0.1, -0.05) is 36.0 Å². The van der Waals surface area contributed by atoms with Gasteiger partial charge >= 0.3 is 0 Å². The fourth-order valence-corrected chi connectivity index (χ4v) is 5.62. The maximum Gasteiger partial charge on any atom is 0.257 e. The molecule has 5 rings (SSSR count). The number of thioether (sulfide) groups is 1. The number of carbonyl (C=O) groups is 1. The van der Waals surface area contributed by atoms with E-state index >= 15 is 4.39 Å². The largest absolute Gasteiger partial charge is 0.361 e. The third kappa shape index (κ3) is 4.06. The van der Waals surface area contributed by atoms with E-state index in [1.165, 1.54) is 30.1 Å². The molecular formula is C24H22F2N4O3S. The predicted molar refractivity (Wildman–Crippen MR) is 126 cm³/mol. The quantitative estimate of drug-likeness (QED) is 0.699. The number of aliphatic hydroxyl groups is 1. The highest BCUT2D eigenvalue weighted by molar-refractivity contribution is 8.13. The highest BCUT2D eigenvalue weighted by atomic mass is 32.2. The summed E-state index contributed by atoms with van der Waals surface area (Å²) in [5, 5.41) is 14.3. The van der Waals surface area contributed by atoms with Crippen LogP contribution in [0.4, 0.5) is 8.78 Å². The number of nitrogens with zero attached hydrogens (tertiary/aromatic N) is 3. The maximum atomic E-state index is 15.0. The molecule has 1 amide bonds. The number of rotatable bonds is 3. The van der Waals surface area contributed by atoms with Crippen LogP contribution in [0.5, 0.6) is 0 Å². The predicted octanol–water partition coefficient (Wildman–Crippen LogP) is 3.29. The molecule has 176 valence electrons. The van der Waals surface area contributed by atoms with Crippen molar-refractivity contribution in [1.82, 2.24) is 5.32 Å². The SMILES string of the molecule is CC1N=CC(C2(O)C[C@H]3CSC(NC(=O)c4ccccc4)=N[C@@]3(c3ccc(F)cc3F)CO2)=N1. The van der Waals surface area contributed by atoms with Crippen LogP contribution in [-0.4, -0.2) is 52.4 Å². The Morgan fingerprint density at radius 1 is 1.24 bits per heavy atom. The lowest BCUT2D eigenvalue weighted by Gasteiger charge is -2.49. The Morgan fingerprint density at radius 2 is 2.03 bits per heavy atom. The van der Waals surface area contributed by atoms with Crippen LogP contribution in [-0.2, 0) is 10.3 Å². The molecule has 1 saturated heterocycles. The van der Waals surface area contributed by atoms with E-state index in [-0.39, 0.29) is 36.6 Å². The molecule has 0 aromatic heterocycles. The number of halogens is 2. The maximum absolute atomic E-state index is 15.0. The zero-order chi connectivity index (χ0) is 23.9. The molecule has 3 aliphatic heterocycles. The summed E-state index contributed by atoms with van der Waals surface area (Å²) in [7, 11) is 0. The summed E-state index contributed by atoms with van der Waals surface area (Å²) < 4.78 is 34.6. The van der Waals surface area contributed by atoms with Crippen molar-refractivity contribution in [1.29, 1.82) is 0 Å². The number of nitrogens with one attached hydrogen (secondary N) is 1. The molecular weight excluding hydrogens is 462 g/mol. The molecule has 2 aromatic rings. The third-order valence-corrected chi connectivity index (χ3v) is 7.28. The number of aliphatic imine (C=N–C) groups is 3. The van der Waals surface area contributed by atoms with Gasteiger partial charge in [-0.05, 0) is 25.1 Å². The van der Waals surface area contributed by atoms with Crippen molar-refractivity contribution in [3.8, 4) is 0 Å². The Labute approximate surface area is 199 Å². The van der Waals surface area contributed by atoms with Crippen molar-refractivity contribution in [2.24, 2.45) is 20.9 Å². The summed E-state index contributed by atoms with van der Waals surface area (Å²) in [4.78, 5) is 25.9. The molecule has 7 nitrogen and oxygen atoms in total. The van der Waals surface area contributed by atoms with Gasteiger partial charge in [-0.3, -0.25) is 14.8 Å². The minimum Gasteiger partial charge on any atom is -0.361 e. The lowest BCUT2D eigenvalue weighted by molar-refractivity contribution is -0.206. The van der Waals surface area contributed by atoms with E-state index in [9.17, 15) is 14.3 Å². The summed E-state index contributed by atoms with van der Waals surface area (Å²) in [6.07, 6.45) is 1.25. The summed E-state index contributed by atoms with van der Waals surface area (Å²) in [5.74, 6) is -3.49. The van der Waals surface area contributed by atoms with Crippen molar-refractivity contribution >= 4 is 34.8 Å². The van der Waals surface area contributed by atoms with Crippen molar-refractivity contribution in [2.45, 2.75) is 30.8 Å². The smallest absolute Gasteiger partial charge is 0.257 e. The first-order valence-corrected chi connectivity index (χ1v) is 11.8. The van der Waals surface area contributed by atoms with Gasteiger partial charge in [-0.15, -0.1) is 0 Å². The van der Waals surface area contributed by atoms with E-state index in [1.54, 1.807) is 37.3 Å². The van der Waals surface area contributed by atoms with Gasteiger partial charge < -0.3 is 15.2 Å². The number of hydrogen-bond acceptors (Lipinski definition) is 7. The van der Waals surface area contributed by atoms with E-state index < -0.39 is 23.0 Å². The second kappa shape index (κ2) is 8.68. The molecule has 2 aromatic carbocycles. The average molecular weight is 485 g/mol. The molecule has 2 unspecified atom stereocenters. The van der Waals surface area contributed by atoms with Gasteiger partial charge in [0, 0.05) is 35.3 Å². The first-order valence-electron chi connectivity index (χ1n) is 10.8. The Balaban J connectivity index is 1.52. The number of ether oxygens (including phenoxy) is 1. The summed E-state index contributed by atoms with van der Waals surface area (Å²) in [6.45, 7) is 1.60. The van der Waals surface area contributed by atoms with Crippen LogP contribution in [0.15, 0.2) is 63.5 Å². The van der Waals surface area contributed by atoms with Gasteiger partial charge in [0.1, 0.15) is 29.1 Å². The highest BCUT2D eigenvalue weighted by Crippen LogP contribution is 2.49. The molecule has 0 aliphatic carbocycles. The normalized spacial score (nSPS) is 30.4. The molecule has 0 spiro atoms. The van der Waals surface area contributed by atoms with Crippen molar-refractivity contribution in [3.05, 3.63) is 71.3 Å². The first-order chi connectivity index (χ1) is 16.3. The molecule has 10 heteroatoms. The van der Waals surface area contributed by atoms with Crippen LogP contribution in [0.25, 0.3) is 0 Å². The van der Waals surface area contributed by atoms with Gasteiger partial charge in [0.15, 0.2) is 5.17 Å². The van der Waals surface area contributed by atoms with Crippen LogP contribution in [0.3, 0.4) is 0 Å². The number of fused-ring (bicyclic) bond motifs is 1. The molecule has 0 saturated carbocycles. The van der Waals surface area contributed by atoms with Crippen molar-refractivity contribution in [3.63, 3.8) is 0 Å². The molecule has 3 aliphatic rings. The van der Waals surface area contributed by atoms with E-state index in [0.29, 0.717) is 22.2 Å². The lowest BCUT2D eigenvalue weighted by Crippen LogP contribution is -2.58. The fraction of sp³-hybridized carbons (Fsp3) is 0.333. The van der Waals surface area contributed by atoms with E-state index in [2.05, 4.69) is 15.3 Å². The average Bonchev–Trinajstić information content (AvgIpc) is 3.27. The summed E-state index contributed by atoms with van der Waals surface area (Å²) >= 11 is 1.30. The molecule has 34 heavy (non-hydrogen) atoms. The Morgan fingerprint density at radius 3 is 2.74 bits per heavy atom. The van der Waals surface area contributed by atoms with Gasteiger partial charge in [0.2, 0.25) is 5.79 Å². The second-order valence-electron chi connectivity index (χ2n) is 8.50. The number of amides is 1. The van der Waals surface area contributed by atoms with E-state index in [4.69, 9.17) is 9.73 Å². The van der Waals surface area contributed by atoms with Gasteiger partial charge in [-0.25, -0.2) is 13.8 Å². The van der Waals surface area contributed by atoms with E-state index in [0.717, 1.165) is 6.07 Å². The van der Waals surface area contributed by atoms with Crippen molar-refractivity contribution < 1.29 is 23.4 Å². The summed E-state index contributed by atoms with van der Waals surface area (Å²) in [6, 6.07) is 12.0. The van der Waals surface area contributed by atoms with Crippen LogP contribution >= 0.6 is 11.8 Å². The number of amidine groups is 1. The highest BCUT2D eigenvalue weighted by Gasteiger charge is 2.55. The van der Waals surface area contributed by atoms with Crippen LogP contribution in [0, 0.1) is 17.6 Å². The molecule has 4 atom stereocenters. The molecule has 3 heterocycles. The lowest BCUT2D eigenvalue weighted by atomic mass is 9.73. The minimum atomic E-state index is -1.69. The molecule has 2 N–H and O–H groups in total. The second-order valence-corrected chi connectivity index (χ2v) is 9.50. The third-order valence-electron chi connectivity index (χ3n) is 6.24.